The zero-order valence-corrected chi connectivity index (χ0v) is 11.9. The Hall–Kier alpha value is -1.45. The van der Waals surface area contributed by atoms with E-state index < -0.39 is 6.10 Å². The molecule has 3 heteroatoms. The Morgan fingerprint density at radius 3 is 2.47 bits per heavy atom. The molecule has 0 fully saturated rings. The molecule has 0 saturated heterocycles. The molecule has 2 rings (SSSR count). The van der Waals surface area contributed by atoms with Gasteiger partial charge in [-0.05, 0) is 35.7 Å². The van der Waals surface area contributed by atoms with Crippen molar-refractivity contribution in [1.29, 1.82) is 0 Å². The van der Waals surface area contributed by atoms with Crippen LogP contribution in [0.25, 0.3) is 0 Å². The minimum atomic E-state index is -0.436. The van der Waals surface area contributed by atoms with Crippen LogP contribution in [0.2, 0.25) is 0 Å². The number of anilines is 1. The van der Waals surface area contributed by atoms with Crippen molar-refractivity contribution in [2.24, 2.45) is 0 Å². The van der Waals surface area contributed by atoms with Gasteiger partial charge in [-0.25, -0.2) is 0 Å². The Bertz CT molecular complexity index is 525. The van der Waals surface area contributed by atoms with E-state index in [0.29, 0.717) is 5.75 Å². The summed E-state index contributed by atoms with van der Waals surface area (Å²) in [7, 11) is 0. The minimum absolute atomic E-state index is 0.436. The van der Waals surface area contributed by atoms with E-state index in [9.17, 15) is 5.11 Å². The Kier molecular flexibility index (Phi) is 4.88. The molecule has 100 valence electrons. The number of nitrogens with two attached hydrogens (primary N) is 1. The predicted octanol–water partition coefficient (Wildman–Crippen LogP) is 3.54. The quantitative estimate of drug-likeness (QED) is 0.819. The third-order valence-corrected chi connectivity index (χ3v) is 4.18. The molecule has 0 aliphatic heterocycles. The van der Waals surface area contributed by atoms with Crippen LogP contribution in [0.4, 0.5) is 5.69 Å². The van der Waals surface area contributed by atoms with Crippen LogP contribution >= 0.6 is 11.8 Å². The first-order valence-corrected chi connectivity index (χ1v) is 7.48. The van der Waals surface area contributed by atoms with Crippen LogP contribution in [0.5, 0.6) is 0 Å². The van der Waals surface area contributed by atoms with Crippen LogP contribution in [0.15, 0.2) is 48.5 Å². The van der Waals surface area contributed by atoms with Crippen LogP contribution in [-0.2, 0) is 5.75 Å². The Labute approximate surface area is 118 Å². The highest BCUT2D eigenvalue weighted by Crippen LogP contribution is 2.23. The summed E-state index contributed by atoms with van der Waals surface area (Å²) in [6, 6.07) is 15.8. The van der Waals surface area contributed by atoms with Crippen LogP contribution in [0.1, 0.15) is 22.8 Å². The molecule has 0 aliphatic carbocycles. The maximum Gasteiger partial charge on any atom is 0.0880 e. The smallest absolute Gasteiger partial charge is 0.0880 e. The maximum atomic E-state index is 10.1. The summed E-state index contributed by atoms with van der Waals surface area (Å²) in [5.74, 6) is 1.62. The molecule has 19 heavy (non-hydrogen) atoms. The first-order chi connectivity index (χ1) is 9.16. The minimum Gasteiger partial charge on any atom is -0.399 e. The fourth-order valence-corrected chi connectivity index (χ4v) is 2.94. The van der Waals surface area contributed by atoms with E-state index in [1.807, 2.05) is 30.3 Å². The van der Waals surface area contributed by atoms with Gasteiger partial charge in [0.05, 0.1) is 6.10 Å². The van der Waals surface area contributed by atoms with E-state index in [2.05, 4.69) is 25.1 Å². The lowest BCUT2D eigenvalue weighted by atomic mass is 10.1. The van der Waals surface area contributed by atoms with Gasteiger partial charge in [-0.2, -0.15) is 11.8 Å². The average Bonchev–Trinajstić information content (AvgIpc) is 2.41. The molecule has 0 heterocycles. The van der Waals surface area contributed by atoms with Crippen LogP contribution in [-0.4, -0.2) is 10.9 Å². The van der Waals surface area contributed by atoms with E-state index in [-0.39, 0.29) is 0 Å². The number of hydrogen-bond acceptors (Lipinski definition) is 3. The first-order valence-electron chi connectivity index (χ1n) is 6.32. The highest BCUT2D eigenvalue weighted by Gasteiger charge is 2.07. The molecular formula is C16H19NOS. The van der Waals surface area contributed by atoms with E-state index in [1.54, 1.807) is 11.8 Å². The van der Waals surface area contributed by atoms with Gasteiger partial charge in [0.15, 0.2) is 0 Å². The predicted molar refractivity (Wildman–Crippen MR) is 83.2 cm³/mol. The molecule has 0 radical (unpaired) electrons. The molecular weight excluding hydrogens is 254 g/mol. The van der Waals surface area contributed by atoms with Gasteiger partial charge in [0.25, 0.3) is 0 Å². The molecule has 1 unspecified atom stereocenters. The second-order valence-electron chi connectivity index (χ2n) is 4.62. The Morgan fingerprint density at radius 1 is 1.11 bits per heavy atom. The highest BCUT2D eigenvalue weighted by molar-refractivity contribution is 7.98. The molecule has 0 aliphatic rings. The van der Waals surface area contributed by atoms with Gasteiger partial charge in [-0.15, -0.1) is 0 Å². The Morgan fingerprint density at radius 2 is 1.79 bits per heavy atom. The van der Waals surface area contributed by atoms with Crippen molar-refractivity contribution in [3.8, 4) is 0 Å². The summed E-state index contributed by atoms with van der Waals surface area (Å²) in [4.78, 5) is 0. The van der Waals surface area contributed by atoms with Crippen molar-refractivity contribution in [2.75, 3.05) is 11.5 Å². The van der Waals surface area contributed by atoms with Crippen molar-refractivity contribution in [3.05, 3.63) is 65.2 Å². The molecule has 0 saturated carbocycles. The van der Waals surface area contributed by atoms with Crippen LogP contribution in [0.3, 0.4) is 0 Å². The number of aryl methyl sites for hydroxylation is 1. The SMILES string of the molecule is Cc1ccccc1CSCC(O)c1ccc(N)cc1. The topological polar surface area (TPSA) is 46.2 Å². The second-order valence-corrected chi connectivity index (χ2v) is 5.65. The number of benzene rings is 2. The van der Waals surface area contributed by atoms with E-state index >= 15 is 0 Å². The molecule has 3 N–H and O–H groups in total. The lowest BCUT2D eigenvalue weighted by Crippen LogP contribution is -2.01. The first kappa shape index (κ1) is 14.0. The second kappa shape index (κ2) is 6.64. The molecule has 2 nitrogen and oxygen atoms in total. The fourth-order valence-electron chi connectivity index (χ4n) is 1.87. The van der Waals surface area contributed by atoms with Gasteiger partial charge in [-0.3, -0.25) is 0 Å². The molecule has 1 atom stereocenters. The summed E-state index contributed by atoms with van der Waals surface area (Å²) in [5, 5.41) is 10.1. The van der Waals surface area contributed by atoms with Crippen molar-refractivity contribution in [2.45, 2.75) is 18.8 Å². The lowest BCUT2D eigenvalue weighted by molar-refractivity contribution is 0.204. The highest BCUT2D eigenvalue weighted by atomic mass is 32.2. The summed E-state index contributed by atoms with van der Waals surface area (Å²) in [6.45, 7) is 2.12. The van der Waals surface area contributed by atoms with E-state index in [1.165, 1.54) is 11.1 Å². The lowest BCUT2D eigenvalue weighted by Gasteiger charge is -2.11. The fraction of sp³-hybridized carbons (Fsp3) is 0.250. The van der Waals surface area contributed by atoms with Gasteiger partial charge in [0, 0.05) is 17.2 Å². The number of thioether (sulfide) groups is 1. The molecule has 0 amide bonds. The van der Waals surface area contributed by atoms with Gasteiger partial charge >= 0.3 is 0 Å². The Balaban J connectivity index is 1.86. The van der Waals surface area contributed by atoms with E-state index in [4.69, 9.17) is 5.73 Å². The largest absolute Gasteiger partial charge is 0.399 e. The van der Waals surface area contributed by atoms with E-state index in [0.717, 1.165) is 17.0 Å². The summed E-state index contributed by atoms with van der Waals surface area (Å²) in [5.41, 5.74) is 9.91. The average molecular weight is 273 g/mol. The number of aliphatic hydroxyl groups is 1. The molecule has 0 aromatic heterocycles. The van der Waals surface area contributed by atoms with Gasteiger partial charge in [0.1, 0.15) is 0 Å². The van der Waals surface area contributed by atoms with Crippen molar-refractivity contribution in [1.82, 2.24) is 0 Å². The van der Waals surface area contributed by atoms with Gasteiger partial charge in [0.2, 0.25) is 0 Å². The molecule has 2 aromatic rings. The monoisotopic (exact) mass is 273 g/mol. The summed E-state index contributed by atoms with van der Waals surface area (Å²) < 4.78 is 0. The van der Waals surface area contributed by atoms with Gasteiger partial charge in [-0.1, -0.05) is 36.4 Å². The number of nitrogen functional groups attached to an aromatic ring is 1. The molecule has 0 bridgehead atoms. The van der Waals surface area contributed by atoms with Crippen LogP contribution < -0.4 is 5.73 Å². The number of aliphatic hydroxyl groups excluding tert-OH is 1. The van der Waals surface area contributed by atoms with Crippen LogP contribution in [0, 0.1) is 6.92 Å². The molecule has 2 aromatic carbocycles. The number of rotatable bonds is 5. The zero-order chi connectivity index (χ0) is 13.7. The third kappa shape index (κ3) is 4.01. The van der Waals surface area contributed by atoms with Crippen molar-refractivity contribution in [3.63, 3.8) is 0 Å². The summed E-state index contributed by atoms with van der Waals surface area (Å²) in [6.07, 6.45) is -0.436. The maximum absolute atomic E-state index is 10.1. The summed E-state index contributed by atoms with van der Waals surface area (Å²) >= 11 is 1.75. The standard InChI is InChI=1S/C16H19NOS/c1-12-4-2-3-5-14(12)10-19-11-16(18)13-6-8-15(17)9-7-13/h2-9,16,18H,10-11,17H2,1H3. The van der Waals surface area contributed by atoms with Gasteiger partial charge < -0.3 is 10.8 Å². The van der Waals surface area contributed by atoms with Crippen molar-refractivity contribution < 1.29 is 5.11 Å². The zero-order valence-electron chi connectivity index (χ0n) is 11.0. The number of hydrogen-bond donors (Lipinski definition) is 2. The normalized spacial score (nSPS) is 12.3. The third-order valence-electron chi connectivity index (χ3n) is 3.12. The van der Waals surface area contributed by atoms with Crippen molar-refractivity contribution >= 4 is 17.4 Å². The molecule has 0 spiro atoms.